The second kappa shape index (κ2) is 5.32. The molecule has 0 aliphatic carbocycles. The number of aromatic nitrogens is 4. The van der Waals surface area contributed by atoms with Gasteiger partial charge in [-0.1, -0.05) is 26.1 Å². The number of nitrogens with one attached hydrogen (secondary N) is 1. The summed E-state index contributed by atoms with van der Waals surface area (Å²) in [6.45, 7) is 4.35. The number of aromatic amines is 1. The van der Waals surface area contributed by atoms with E-state index in [1.165, 1.54) is 0 Å². The van der Waals surface area contributed by atoms with Crippen molar-refractivity contribution in [1.82, 2.24) is 19.5 Å². The van der Waals surface area contributed by atoms with Crippen molar-refractivity contribution in [2.75, 3.05) is 0 Å². The molecule has 0 radical (unpaired) electrons. The highest BCUT2D eigenvalue weighted by atomic mass is 79.9. The maximum Gasteiger partial charge on any atom is 0.157 e. The highest BCUT2D eigenvalue weighted by molar-refractivity contribution is 9.10. The Bertz CT molecular complexity index is 615. The van der Waals surface area contributed by atoms with Gasteiger partial charge in [-0.3, -0.25) is 0 Å². The summed E-state index contributed by atoms with van der Waals surface area (Å²) in [7, 11) is 1.94. The molecule has 6 heteroatoms. The first kappa shape index (κ1) is 13.4. The molecule has 0 unspecified atom stereocenters. The zero-order chi connectivity index (χ0) is 13.3. The van der Waals surface area contributed by atoms with Crippen molar-refractivity contribution in [2.24, 2.45) is 13.0 Å². The lowest BCUT2D eigenvalue weighted by Gasteiger charge is -2.10. The third kappa shape index (κ3) is 2.70. The Labute approximate surface area is 120 Å². The molecule has 0 aromatic carbocycles. The lowest BCUT2D eigenvalue weighted by atomic mass is 10.1. The van der Waals surface area contributed by atoms with Gasteiger partial charge in [0.15, 0.2) is 5.82 Å². The van der Waals surface area contributed by atoms with Crippen LogP contribution in [0.25, 0.3) is 11.5 Å². The molecule has 96 valence electrons. The summed E-state index contributed by atoms with van der Waals surface area (Å²) in [6, 6.07) is 0. The lowest BCUT2D eigenvalue weighted by Crippen LogP contribution is -2.04. The van der Waals surface area contributed by atoms with Crippen LogP contribution in [0.5, 0.6) is 0 Å². The Hall–Kier alpha value is -1.01. The molecule has 0 saturated heterocycles. The zero-order valence-electron chi connectivity index (χ0n) is 10.6. The molecule has 0 spiro atoms. The molecule has 2 aromatic heterocycles. The monoisotopic (exact) mass is 326 g/mol. The van der Waals surface area contributed by atoms with Crippen LogP contribution in [-0.2, 0) is 13.5 Å². The highest BCUT2D eigenvalue weighted by Crippen LogP contribution is 2.22. The smallest absolute Gasteiger partial charge is 0.157 e. The molecular weight excluding hydrogens is 312 g/mol. The highest BCUT2D eigenvalue weighted by Gasteiger charge is 2.11. The minimum Gasteiger partial charge on any atom is -0.341 e. The summed E-state index contributed by atoms with van der Waals surface area (Å²) in [4.78, 5) is 11.8. The average molecular weight is 327 g/mol. The van der Waals surface area contributed by atoms with Crippen LogP contribution >= 0.6 is 28.1 Å². The number of rotatable bonds is 3. The topological polar surface area (TPSA) is 46.5 Å². The van der Waals surface area contributed by atoms with E-state index in [2.05, 4.69) is 44.7 Å². The number of halogens is 1. The van der Waals surface area contributed by atoms with Crippen molar-refractivity contribution >= 4 is 28.1 Å². The molecule has 4 nitrogen and oxygen atoms in total. The molecule has 2 rings (SSSR count). The summed E-state index contributed by atoms with van der Waals surface area (Å²) < 4.78 is 3.39. The second-order valence-corrected chi connectivity index (χ2v) is 5.85. The third-order valence-corrected chi connectivity index (χ3v) is 4.02. The first-order chi connectivity index (χ1) is 8.49. The normalized spacial score (nSPS) is 11.2. The largest absolute Gasteiger partial charge is 0.341 e. The van der Waals surface area contributed by atoms with E-state index in [4.69, 9.17) is 12.2 Å². The summed E-state index contributed by atoms with van der Waals surface area (Å²) in [5.41, 5.74) is 2.01. The van der Waals surface area contributed by atoms with Crippen molar-refractivity contribution in [1.29, 1.82) is 0 Å². The molecule has 1 N–H and O–H groups in total. The summed E-state index contributed by atoms with van der Waals surface area (Å²) >= 11 is 8.79. The maximum atomic E-state index is 5.29. The van der Waals surface area contributed by atoms with Gasteiger partial charge >= 0.3 is 0 Å². The summed E-state index contributed by atoms with van der Waals surface area (Å²) in [5.74, 6) is 1.31. The van der Waals surface area contributed by atoms with Crippen molar-refractivity contribution in [3.05, 3.63) is 27.3 Å². The Morgan fingerprint density at radius 2 is 2.22 bits per heavy atom. The Kier molecular flexibility index (Phi) is 3.97. The Morgan fingerprint density at radius 1 is 1.50 bits per heavy atom. The fraction of sp³-hybridized carbons (Fsp3) is 0.417. The van der Waals surface area contributed by atoms with Crippen molar-refractivity contribution in [3.8, 4) is 11.5 Å². The van der Waals surface area contributed by atoms with Crippen LogP contribution in [-0.4, -0.2) is 19.5 Å². The Balaban J connectivity index is 2.54. The second-order valence-electron chi connectivity index (χ2n) is 4.67. The molecule has 0 atom stereocenters. The SMILES string of the molecule is CC(C)Cc1[nH]c(-c2cncn2C)nc(=S)c1Br. The first-order valence-electron chi connectivity index (χ1n) is 5.74. The number of aryl methyl sites for hydroxylation is 1. The molecule has 0 fully saturated rings. The predicted molar refractivity (Wildman–Crippen MR) is 77.9 cm³/mol. The van der Waals surface area contributed by atoms with Gasteiger partial charge in [0.1, 0.15) is 10.3 Å². The first-order valence-corrected chi connectivity index (χ1v) is 6.94. The van der Waals surface area contributed by atoms with E-state index in [0.717, 1.165) is 28.1 Å². The van der Waals surface area contributed by atoms with Crippen LogP contribution in [0.15, 0.2) is 17.0 Å². The number of hydrogen-bond donors (Lipinski definition) is 1. The molecule has 18 heavy (non-hydrogen) atoms. The molecule has 0 saturated carbocycles. The van der Waals surface area contributed by atoms with Gasteiger partial charge in [-0.05, 0) is 28.3 Å². The van der Waals surface area contributed by atoms with Crippen molar-refractivity contribution in [3.63, 3.8) is 0 Å². The lowest BCUT2D eigenvalue weighted by molar-refractivity contribution is 0.631. The van der Waals surface area contributed by atoms with Gasteiger partial charge < -0.3 is 9.55 Å². The molecular formula is C12H15BrN4S. The van der Waals surface area contributed by atoms with E-state index in [1.54, 1.807) is 12.5 Å². The van der Waals surface area contributed by atoms with Crippen LogP contribution < -0.4 is 0 Å². The molecule has 0 aliphatic heterocycles. The number of imidazole rings is 1. The van der Waals surface area contributed by atoms with E-state index in [-0.39, 0.29) is 0 Å². The predicted octanol–water partition coefficient (Wildman–Crippen LogP) is 3.50. The summed E-state index contributed by atoms with van der Waals surface area (Å²) in [5, 5.41) is 0. The van der Waals surface area contributed by atoms with Gasteiger partial charge in [0.2, 0.25) is 0 Å². The number of H-pyrrole nitrogens is 1. The van der Waals surface area contributed by atoms with Crippen molar-refractivity contribution in [2.45, 2.75) is 20.3 Å². The van der Waals surface area contributed by atoms with Gasteiger partial charge in [-0.15, -0.1) is 0 Å². The van der Waals surface area contributed by atoms with Gasteiger partial charge in [0.25, 0.3) is 0 Å². The van der Waals surface area contributed by atoms with Crippen LogP contribution in [0.4, 0.5) is 0 Å². The standard InChI is InChI=1S/C12H15BrN4S/c1-7(2)4-8-10(13)12(18)16-11(15-8)9-5-14-6-17(9)3/h5-7H,4H2,1-3H3,(H,15,16,18). The molecule has 2 aromatic rings. The average Bonchev–Trinajstić information content (AvgIpc) is 2.70. The van der Waals surface area contributed by atoms with Crippen LogP contribution in [0.1, 0.15) is 19.5 Å². The van der Waals surface area contributed by atoms with E-state index < -0.39 is 0 Å². The van der Waals surface area contributed by atoms with Crippen molar-refractivity contribution < 1.29 is 0 Å². The number of nitrogens with zero attached hydrogens (tertiary/aromatic N) is 3. The van der Waals surface area contributed by atoms with E-state index in [1.807, 2.05) is 11.6 Å². The third-order valence-electron chi connectivity index (χ3n) is 2.61. The molecule has 0 amide bonds. The summed E-state index contributed by atoms with van der Waals surface area (Å²) in [6.07, 6.45) is 4.45. The van der Waals surface area contributed by atoms with E-state index in [0.29, 0.717) is 10.6 Å². The zero-order valence-corrected chi connectivity index (χ0v) is 13.0. The quantitative estimate of drug-likeness (QED) is 0.878. The maximum absolute atomic E-state index is 5.29. The molecule has 0 bridgehead atoms. The fourth-order valence-corrected chi connectivity index (χ4v) is 2.33. The molecule has 0 aliphatic rings. The van der Waals surface area contributed by atoms with Gasteiger partial charge in [0, 0.05) is 12.7 Å². The fourth-order valence-electron chi connectivity index (χ4n) is 1.76. The van der Waals surface area contributed by atoms with Gasteiger partial charge in [-0.2, -0.15) is 0 Å². The molecule has 2 heterocycles. The van der Waals surface area contributed by atoms with Gasteiger partial charge in [0.05, 0.1) is 17.0 Å². The van der Waals surface area contributed by atoms with Gasteiger partial charge in [-0.25, -0.2) is 9.97 Å². The minimum atomic E-state index is 0.550. The Morgan fingerprint density at radius 3 is 2.78 bits per heavy atom. The van der Waals surface area contributed by atoms with Crippen LogP contribution in [0.2, 0.25) is 0 Å². The van der Waals surface area contributed by atoms with E-state index >= 15 is 0 Å². The van der Waals surface area contributed by atoms with Crippen LogP contribution in [0, 0.1) is 10.6 Å². The van der Waals surface area contributed by atoms with Crippen LogP contribution in [0.3, 0.4) is 0 Å². The minimum absolute atomic E-state index is 0.550. The van der Waals surface area contributed by atoms with E-state index in [9.17, 15) is 0 Å². The number of hydrogen-bond acceptors (Lipinski definition) is 3.